The van der Waals surface area contributed by atoms with Crippen molar-refractivity contribution in [3.05, 3.63) is 70.9 Å². The highest BCUT2D eigenvalue weighted by atomic mass is 33.1. The Labute approximate surface area is 581 Å². The van der Waals surface area contributed by atoms with Crippen molar-refractivity contribution in [2.75, 3.05) is 83.0 Å². The topological polar surface area (TPSA) is 449 Å². The predicted octanol–water partition coefficient (Wildman–Crippen LogP) is -0.0273. The fourth-order valence-corrected chi connectivity index (χ4v) is 18.4. The Morgan fingerprint density at radius 3 is 2.30 bits per heavy atom. The molecule has 3 aromatic rings. The van der Waals surface area contributed by atoms with E-state index in [-0.39, 0.29) is 68.4 Å². The van der Waals surface area contributed by atoms with Crippen LogP contribution in [0.3, 0.4) is 0 Å². The molecule has 17 atom stereocenters. The van der Waals surface area contributed by atoms with Gasteiger partial charge in [0.1, 0.15) is 42.8 Å². The van der Waals surface area contributed by atoms with Gasteiger partial charge in [-0.25, -0.2) is 10.2 Å². The third kappa shape index (κ3) is 15.9. The normalized spacial score (nSPS) is 28.6. The number of aliphatic hydroxyl groups is 8. The van der Waals surface area contributed by atoms with Gasteiger partial charge in [-0.3, -0.25) is 44.0 Å². The lowest BCUT2D eigenvalue weighted by molar-refractivity contribution is -0.204. The molecule has 1 spiro atoms. The van der Waals surface area contributed by atoms with Gasteiger partial charge in [-0.05, 0) is 100 Å². The fraction of sp³-hybridized carbons (Fsp3) is 0.642. The lowest BCUT2D eigenvalue weighted by Gasteiger charge is -2.63. The number of H-pyrrole nitrogens is 1. The molecular formula is C67H95N9O21S2. The zero-order valence-corrected chi connectivity index (χ0v) is 58.1. The minimum atomic E-state index is -2.57. The first-order chi connectivity index (χ1) is 47.1. The van der Waals surface area contributed by atoms with Crippen LogP contribution in [0.25, 0.3) is 10.9 Å². The highest BCUT2D eigenvalue weighted by molar-refractivity contribution is 8.76. The van der Waals surface area contributed by atoms with Crippen molar-refractivity contribution in [2.24, 2.45) is 17.3 Å². The number of para-hydroxylation sites is 1. The first-order valence-electron chi connectivity index (χ1n) is 33.5. The van der Waals surface area contributed by atoms with Gasteiger partial charge in [0.05, 0.1) is 37.2 Å². The number of methoxy groups -OCH3 is 1. The molecule has 1 aliphatic carbocycles. The number of aliphatic carboxylic acids is 1. The maximum Gasteiger partial charge on any atom is 0.426 e. The Morgan fingerprint density at radius 2 is 1.63 bits per heavy atom. The van der Waals surface area contributed by atoms with Gasteiger partial charge in [-0.1, -0.05) is 72.7 Å². The number of carbonyl (C=O) groups is 7. The standard InChI is InChI=1S/C66H95N9O19S2.CO2/c1-7-38(15-18-51(81)82)55(85)69-44(16-17-49(80)67-31-46(78)52(83)53(84)47(79)33-76)56(86)70-50(94-36-77)34-96-95-26-25-93-61(89)72-71-60(88)66(91)58-65(21-24-75-22-12-20-64(9-3,57(65)75)59(66)87)41-27-42(48(92-6)28-45(41)73(58)5)62(4)29-37-30-63(90,8-2)35-74(32-37)23-19-40-39-13-10-11-14-43(39)68-54(40)62;2-1-3/h10-14,20,27-28,36-38,44,46-47,50,52-53,57-59,68,76,78-79,83-84,87,90-91H,7-9,15-19,21-26,29-35H2,1-6H3,(H,67,80)(H,69,85)(H,70,86)(H,71,88)(H,72,89)(H,81,82);/t37-,38+,44+,46-,47+,50+,52+,53+,57-,58+,59+,62+,63-,64+,65+,66-;/m0./s1. The van der Waals surface area contributed by atoms with Crippen LogP contribution >= 0.6 is 21.6 Å². The number of carboxylic acid groups (broad SMARTS) is 1. The number of likely N-dealkylation sites (N-methyl/N-ethyl adjacent to an activating group) is 1. The Bertz CT molecular complexity index is 3450. The molecule has 6 aliphatic rings. The Morgan fingerprint density at radius 1 is 0.899 bits per heavy atom. The maximum absolute atomic E-state index is 15.2. The largest absolute Gasteiger partial charge is 0.496 e. The number of amides is 5. The fourth-order valence-electron chi connectivity index (χ4n) is 16.6. The monoisotopic (exact) mass is 1430 g/mol. The second-order valence-corrected chi connectivity index (χ2v) is 29.6. The van der Waals surface area contributed by atoms with Crippen LogP contribution in [0.15, 0.2) is 48.6 Å². The van der Waals surface area contributed by atoms with Crippen LogP contribution in [0.5, 0.6) is 5.75 Å². The van der Waals surface area contributed by atoms with Crippen molar-refractivity contribution in [3.63, 3.8) is 0 Å². The molecule has 1 unspecified atom stereocenters. The third-order valence-corrected chi connectivity index (χ3v) is 23.6. The van der Waals surface area contributed by atoms with E-state index in [1.807, 2.05) is 50.1 Å². The molecule has 2 bridgehead atoms. The van der Waals surface area contributed by atoms with E-state index in [9.17, 15) is 69.6 Å². The average Bonchev–Trinajstić information content (AvgIpc) is 1.50. The molecule has 6 heterocycles. The number of piperidine rings is 1. The SMILES string of the molecule is CC[C@H](CCC(=O)O)C(=O)N[C@H](CCC(=O)NC[C@H](O)[C@@H](O)[C@H](O)[C@H](O)CO)C(=O)N[C@@H](CSSCCOC(=O)NNC(=O)[C@@]1(O)[C@H](O)[C@]2(CC)C=CCN3CC[C@@]4(c5cc([C@@]6(C)C[C@@H]7CN(CCc8c6[nH]c6ccccc86)C[C@](O)(CC)C7)c(OC)cc5N(C)[C@@H]14)[C@@H]32)OC=O.O=C=O. The van der Waals surface area contributed by atoms with Crippen molar-refractivity contribution < 1.29 is 103 Å². The molecule has 30 nitrogen and oxygen atoms in total. The van der Waals surface area contributed by atoms with Gasteiger partial charge in [-0.2, -0.15) is 9.59 Å². The predicted molar refractivity (Wildman–Crippen MR) is 360 cm³/mol. The minimum absolute atomic E-state index is 0.0616. The van der Waals surface area contributed by atoms with E-state index < -0.39 is 137 Å². The maximum atomic E-state index is 15.2. The van der Waals surface area contributed by atoms with E-state index in [2.05, 4.69) is 72.8 Å². The Kier molecular flexibility index (Phi) is 26.1. The van der Waals surface area contributed by atoms with E-state index in [0.29, 0.717) is 57.5 Å². The number of rotatable bonds is 30. The second kappa shape index (κ2) is 33.3. The van der Waals surface area contributed by atoms with Gasteiger partial charge in [0.25, 0.3) is 12.4 Å². The summed E-state index contributed by atoms with van der Waals surface area (Å²) in [6, 6.07) is 9.69. The van der Waals surface area contributed by atoms with Crippen LogP contribution in [-0.2, 0) is 65.1 Å². The van der Waals surface area contributed by atoms with Gasteiger partial charge in [0, 0.05) is 120 Å². The van der Waals surface area contributed by atoms with Gasteiger partial charge in [0.2, 0.25) is 17.7 Å². The van der Waals surface area contributed by atoms with Crippen molar-refractivity contribution in [1.29, 1.82) is 0 Å². The summed E-state index contributed by atoms with van der Waals surface area (Å²) < 4.78 is 17.0. The van der Waals surface area contributed by atoms with Gasteiger partial charge < -0.3 is 86.0 Å². The number of hydrazine groups is 1. The zero-order valence-electron chi connectivity index (χ0n) is 56.5. The molecule has 1 aromatic heterocycles. The summed E-state index contributed by atoms with van der Waals surface area (Å²) in [6.07, 6.45) is -4.87. The van der Waals surface area contributed by atoms with Crippen molar-refractivity contribution in [1.82, 2.24) is 41.6 Å². The molecule has 99 heavy (non-hydrogen) atoms. The number of aromatic nitrogens is 1. The van der Waals surface area contributed by atoms with E-state index in [1.54, 1.807) is 14.0 Å². The number of aromatic amines is 1. The number of anilines is 1. The average molecular weight is 1430 g/mol. The van der Waals surface area contributed by atoms with Crippen molar-refractivity contribution in [3.8, 4) is 5.75 Å². The second-order valence-electron chi connectivity index (χ2n) is 26.9. The Hall–Kier alpha value is -6.91. The third-order valence-electron chi connectivity index (χ3n) is 21.2. The number of nitrogens with zero attached hydrogens (tertiary/aromatic N) is 3. The molecule has 0 radical (unpaired) electrons. The van der Waals surface area contributed by atoms with Gasteiger partial charge >= 0.3 is 18.2 Å². The number of nitrogens with one attached hydrogen (secondary N) is 6. The molecule has 2 saturated heterocycles. The lowest BCUT2D eigenvalue weighted by atomic mass is 9.47. The first-order valence-corrected chi connectivity index (χ1v) is 36.0. The number of fused-ring (bicyclic) bond motifs is 6. The number of hydrogen-bond donors (Lipinski definition) is 15. The molecule has 546 valence electrons. The summed E-state index contributed by atoms with van der Waals surface area (Å²) in [5.41, 5.74) is 4.28. The highest BCUT2D eigenvalue weighted by Crippen LogP contribution is 2.67. The number of aliphatic hydroxyl groups excluding tert-OH is 6. The summed E-state index contributed by atoms with van der Waals surface area (Å²) in [5, 5.41) is 105. The number of benzene rings is 2. The van der Waals surface area contributed by atoms with Gasteiger partial charge in [0.15, 0.2) is 11.8 Å². The molecule has 5 amide bonds. The summed E-state index contributed by atoms with van der Waals surface area (Å²) >= 11 is 0. The van der Waals surface area contributed by atoms with E-state index >= 15 is 4.79 Å². The van der Waals surface area contributed by atoms with Crippen LogP contribution in [0.1, 0.15) is 114 Å². The Balaban J connectivity index is 0.00000409. The van der Waals surface area contributed by atoms with E-state index in [0.717, 1.165) is 74.5 Å². The first kappa shape index (κ1) is 77.8. The number of carbonyl (C=O) groups excluding carboxylic acids is 8. The summed E-state index contributed by atoms with van der Waals surface area (Å²) in [4.78, 5) is 118. The smallest absolute Gasteiger partial charge is 0.426 e. The molecule has 2 aromatic carbocycles. The van der Waals surface area contributed by atoms with E-state index in [1.165, 1.54) is 5.56 Å². The summed E-state index contributed by atoms with van der Waals surface area (Å²) in [5.74, 6) is -4.67. The van der Waals surface area contributed by atoms with Crippen LogP contribution in [0, 0.1) is 17.3 Å². The lowest BCUT2D eigenvalue weighted by Crippen LogP contribution is -2.82. The summed E-state index contributed by atoms with van der Waals surface area (Å²) in [7, 11) is 5.69. The zero-order chi connectivity index (χ0) is 72.4. The van der Waals surface area contributed by atoms with E-state index in [4.69, 9.17) is 28.9 Å². The van der Waals surface area contributed by atoms with Crippen molar-refractivity contribution in [2.45, 2.75) is 175 Å². The molecule has 9 rings (SSSR count). The number of ether oxygens (including phenoxy) is 3. The minimum Gasteiger partial charge on any atom is -0.496 e. The summed E-state index contributed by atoms with van der Waals surface area (Å²) in [6.45, 7) is 9.60. The van der Waals surface area contributed by atoms with Crippen LogP contribution in [0.4, 0.5) is 10.5 Å². The van der Waals surface area contributed by atoms with Crippen molar-refractivity contribution >= 4 is 86.5 Å². The highest BCUT2D eigenvalue weighted by Gasteiger charge is 2.79. The quantitative estimate of drug-likeness (QED) is 0.0104. The molecule has 5 aliphatic heterocycles. The van der Waals surface area contributed by atoms with Crippen LogP contribution < -0.4 is 36.4 Å². The number of carboxylic acids is 1. The van der Waals surface area contributed by atoms with Crippen LogP contribution in [0.2, 0.25) is 0 Å². The van der Waals surface area contributed by atoms with Gasteiger partial charge in [-0.15, -0.1) is 0 Å². The molecule has 1 saturated carbocycles. The molecular weight excluding hydrogens is 1330 g/mol. The molecule has 32 heteroatoms. The van der Waals surface area contributed by atoms with Crippen LogP contribution in [-0.4, -0.2) is 253 Å². The molecule has 3 fully saturated rings. The molecule has 15 N–H and O–H groups in total. The number of hydrogen-bond acceptors (Lipinski definition) is 25.